The van der Waals surface area contributed by atoms with Crippen molar-refractivity contribution in [2.24, 2.45) is 5.92 Å². The van der Waals surface area contributed by atoms with E-state index < -0.39 is 8.07 Å². The van der Waals surface area contributed by atoms with Gasteiger partial charge in [0.15, 0.2) is 0 Å². The summed E-state index contributed by atoms with van der Waals surface area (Å²) in [6.07, 6.45) is 5.23. The number of hydrogen-bond acceptors (Lipinski definition) is 0. The third kappa shape index (κ3) is 5.21. The minimum absolute atomic E-state index is 0. The van der Waals surface area contributed by atoms with Gasteiger partial charge in [-0.3, -0.25) is 0 Å². The van der Waals surface area contributed by atoms with Gasteiger partial charge in [-0.25, -0.2) is 0 Å². The number of benzene rings is 1. The molecule has 156 valence electrons. The summed E-state index contributed by atoms with van der Waals surface area (Å²) in [6.45, 7) is 21.4. The summed E-state index contributed by atoms with van der Waals surface area (Å²) in [4.78, 5) is 0. The molecule has 28 heavy (non-hydrogen) atoms. The molecule has 5 heteroatoms. The molecule has 0 saturated heterocycles. The van der Waals surface area contributed by atoms with Crippen molar-refractivity contribution < 1.29 is 57.7 Å². The van der Waals surface area contributed by atoms with Crippen LogP contribution in [0.1, 0.15) is 61.4 Å². The predicted molar refractivity (Wildman–Crippen MR) is 111 cm³/mol. The monoisotopic (exact) mass is 492 g/mol. The van der Waals surface area contributed by atoms with Crippen LogP contribution in [-0.2, 0) is 20.4 Å². The van der Waals surface area contributed by atoms with Crippen molar-refractivity contribution in [3.05, 3.63) is 48.5 Å². The Hall–Kier alpha value is 0.501. The molecule has 0 fully saturated rings. The first kappa shape index (κ1) is 30.7. The Bertz CT molecular complexity index is 739. The van der Waals surface area contributed by atoms with Gasteiger partial charge in [-0.2, -0.15) is 0 Å². The van der Waals surface area contributed by atoms with Crippen molar-refractivity contribution >= 4 is 13.3 Å². The fourth-order valence-corrected chi connectivity index (χ4v) is 10.8. The van der Waals surface area contributed by atoms with Crippen LogP contribution < -0.4 is 42.4 Å². The van der Waals surface area contributed by atoms with Gasteiger partial charge in [-0.05, 0) is 0 Å². The molecule has 0 N–H and O–H groups in total. The van der Waals surface area contributed by atoms with Crippen molar-refractivity contribution in [1.82, 2.24) is 0 Å². The van der Waals surface area contributed by atoms with Crippen molar-refractivity contribution in [3.63, 3.8) is 0 Å². The maximum absolute atomic E-state index is 2.65. The average molecular weight is 494 g/mol. The molecule has 0 spiro atoms. The average Bonchev–Trinajstić information content (AvgIpc) is 2.84. The molecule has 1 aromatic carbocycles. The molecule has 0 nitrogen and oxygen atoms in total. The molecule has 0 saturated carbocycles. The number of allylic oxidation sites excluding steroid dienone is 4. The Morgan fingerprint density at radius 2 is 1.29 bits per heavy atom. The number of rotatable bonds is 5. The molecule has 1 aliphatic rings. The summed E-state index contributed by atoms with van der Waals surface area (Å²) in [5.74, 6) is 0.608. The molecule has 2 unspecified atom stereocenters. The zero-order valence-electron chi connectivity index (χ0n) is 18.9. The minimum atomic E-state index is -1.73. The maximum atomic E-state index is 2.65. The van der Waals surface area contributed by atoms with Gasteiger partial charge in [0.05, 0.1) is 0 Å². The molecule has 0 radical (unpaired) electrons. The number of halogens is 3. The van der Waals surface area contributed by atoms with Crippen LogP contribution in [0.3, 0.4) is 0 Å². The van der Waals surface area contributed by atoms with E-state index in [-0.39, 0.29) is 37.2 Å². The van der Waals surface area contributed by atoms with E-state index in [2.05, 4.69) is 88.4 Å². The molecular weight excluding hydrogens is 459 g/mol. The van der Waals surface area contributed by atoms with Crippen LogP contribution in [0.5, 0.6) is 0 Å². The molecule has 0 amide bonds. The van der Waals surface area contributed by atoms with Crippen LogP contribution in [0.4, 0.5) is 0 Å². The van der Waals surface area contributed by atoms with Crippen molar-refractivity contribution in [2.75, 3.05) is 0 Å². The molecule has 0 aromatic heterocycles. The molecular formula is C23H35Cl3SiTi. The van der Waals surface area contributed by atoms with Crippen LogP contribution >= 0.6 is 0 Å². The third-order valence-corrected chi connectivity index (χ3v) is 13.1. The Balaban J connectivity index is 0. The Morgan fingerprint density at radius 1 is 0.857 bits per heavy atom. The zero-order chi connectivity index (χ0) is 19.1. The summed E-state index contributed by atoms with van der Waals surface area (Å²) >= 11 is 2.34. The van der Waals surface area contributed by atoms with Crippen LogP contribution in [0.2, 0.25) is 12.6 Å². The second kappa shape index (κ2) is 11.8. The van der Waals surface area contributed by atoms with E-state index in [0.717, 1.165) is 0 Å². The topological polar surface area (TPSA) is 0 Å². The number of hydrogen-bond donors (Lipinski definition) is 0. The third-order valence-electron chi connectivity index (χ3n) is 6.86. The largest absolute Gasteiger partial charge is 1.00 e. The molecule has 0 heterocycles. The van der Waals surface area contributed by atoms with Crippen molar-refractivity contribution in [2.45, 2.75) is 80.8 Å². The summed E-state index contributed by atoms with van der Waals surface area (Å²) in [5.41, 5.74) is 9.24. The van der Waals surface area contributed by atoms with Crippen molar-refractivity contribution in [1.29, 1.82) is 0 Å². The molecule has 2 rings (SSSR count). The molecule has 1 aromatic rings. The maximum Gasteiger partial charge on any atom is -1.00 e. The van der Waals surface area contributed by atoms with Crippen molar-refractivity contribution in [3.8, 4) is 0 Å². The fraction of sp³-hybridized carbons (Fsp3) is 0.565. The van der Waals surface area contributed by atoms with Crippen LogP contribution in [-0.4, -0.2) is 8.07 Å². The van der Waals surface area contributed by atoms with Gasteiger partial charge in [0.2, 0.25) is 0 Å². The van der Waals surface area contributed by atoms with Gasteiger partial charge >= 0.3 is 169 Å². The first-order chi connectivity index (χ1) is 11.6. The summed E-state index contributed by atoms with van der Waals surface area (Å²) < 4.78 is 1.58. The van der Waals surface area contributed by atoms with Gasteiger partial charge in [-0.15, -0.1) is 0 Å². The van der Waals surface area contributed by atoms with Crippen LogP contribution in [0, 0.1) is 40.5 Å². The second-order valence-corrected chi connectivity index (χ2v) is 13.4. The van der Waals surface area contributed by atoms with E-state index >= 15 is 0 Å². The van der Waals surface area contributed by atoms with E-state index in [1.165, 1.54) is 35.6 Å². The normalized spacial score (nSPS) is 18.0. The smallest absolute Gasteiger partial charge is 1.00 e. The Kier molecular flexibility index (Phi) is 12.9. The molecule has 0 bridgehead atoms. The van der Waals surface area contributed by atoms with Gasteiger partial charge < -0.3 is 37.2 Å². The molecule has 1 aliphatic carbocycles. The minimum Gasteiger partial charge on any atom is -1.00 e. The summed E-state index contributed by atoms with van der Waals surface area (Å²) in [7, 11) is -1.73. The second-order valence-electron chi connectivity index (χ2n) is 8.34. The van der Waals surface area contributed by atoms with Gasteiger partial charge in [0.1, 0.15) is 0 Å². The predicted octanol–water partition coefficient (Wildman–Crippen LogP) is -2.74. The fourth-order valence-electron chi connectivity index (χ4n) is 4.80. The molecule has 2 atom stereocenters. The summed E-state index contributed by atoms with van der Waals surface area (Å²) in [5, 5.41) is 3.45. The SMILES string of the molecule is CCCC[Si](C)(C1=CC(C)[C]([Ti+3])=C1C)c1c(C)c(C)c(C)c(C)c1C.[Cl-].[Cl-].[Cl-]. The number of unbranched alkanes of at least 4 members (excludes halogenated alkanes) is 1. The van der Waals surface area contributed by atoms with E-state index in [1.807, 2.05) is 0 Å². The van der Waals surface area contributed by atoms with Gasteiger partial charge in [0, 0.05) is 0 Å². The van der Waals surface area contributed by atoms with E-state index in [1.54, 1.807) is 31.0 Å². The first-order valence-electron chi connectivity index (χ1n) is 9.80. The van der Waals surface area contributed by atoms with Crippen LogP contribution in [0.15, 0.2) is 20.7 Å². The van der Waals surface area contributed by atoms with E-state index in [0.29, 0.717) is 5.92 Å². The standard InChI is InChI=1S/C23H35Si.3ClH.Ti/c1-10-11-12-24(9,22-14-15(2)13-16(22)3)23-20(7)18(5)17(4)19(6)21(23)8;;;;/h14-15H,10-12H2,1-9H3;3*1H;/q;;;;+3/p-3. The Labute approximate surface area is 205 Å². The quantitative estimate of drug-likeness (QED) is 0.391. The Morgan fingerprint density at radius 3 is 1.64 bits per heavy atom. The van der Waals surface area contributed by atoms with Gasteiger partial charge in [0.25, 0.3) is 0 Å². The van der Waals surface area contributed by atoms with Gasteiger partial charge in [-0.1, -0.05) is 0 Å². The van der Waals surface area contributed by atoms with Crippen LogP contribution in [0.25, 0.3) is 0 Å². The molecule has 0 aliphatic heterocycles. The first-order valence-corrected chi connectivity index (χ1v) is 13.3. The zero-order valence-corrected chi connectivity index (χ0v) is 23.7. The van der Waals surface area contributed by atoms with E-state index in [4.69, 9.17) is 0 Å². The summed E-state index contributed by atoms with van der Waals surface area (Å²) in [6, 6.07) is 1.37. The van der Waals surface area contributed by atoms with E-state index in [9.17, 15) is 0 Å².